The lowest BCUT2D eigenvalue weighted by Gasteiger charge is -2.25. The van der Waals surface area contributed by atoms with Gasteiger partial charge in [-0.25, -0.2) is 4.79 Å². The standard InChI is InChI=1S/C26H34N4O5S/c1-16(2)22(26(34)35)30-25(33)21(15-36)29-24(32)20(14-18-11-7-4-8-12-18)28-23(31)19(27)13-17-9-5-3-6-10-17/h3-12,16,19-22,36H,13-15,27H2,1-2H3,(H,28,31)(H,29,32)(H,30,33)(H,34,35). The highest BCUT2D eigenvalue weighted by atomic mass is 32.1. The Hall–Kier alpha value is -3.37. The number of nitrogens with two attached hydrogens (primary N) is 1. The quantitative estimate of drug-likeness (QED) is 0.219. The van der Waals surface area contributed by atoms with Crippen LogP contribution in [0.15, 0.2) is 60.7 Å². The first-order chi connectivity index (χ1) is 17.1. The van der Waals surface area contributed by atoms with Gasteiger partial charge in [-0.3, -0.25) is 14.4 Å². The zero-order chi connectivity index (χ0) is 26.7. The molecule has 194 valence electrons. The van der Waals surface area contributed by atoms with Gasteiger partial charge in [-0.2, -0.15) is 12.6 Å². The summed E-state index contributed by atoms with van der Waals surface area (Å²) in [6, 6.07) is 14.3. The van der Waals surface area contributed by atoms with Crippen LogP contribution in [0.3, 0.4) is 0 Å². The molecule has 0 fully saturated rings. The van der Waals surface area contributed by atoms with Crippen LogP contribution in [0.4, 0.5) is 0 Å². The Labute approximate surface area is 216 Å². The molecule has 0 bridgehead atoms. The highest BCUT2D eigenvalue weighted by Gasteiger charge is 2.31. The number of thiol groups is 1. The Bertz CT molecular complexity index is 1020. The van der Waals surface area contributed by atoms with Gasteiger partial charge in [0.15, 0.2) is 0 Å². The van der Waals surface area contributed by atoms with Crippen molar-refractivity contribution in [2.24, 2.45) is 11.7 Å². The van der Waals surface area contributed by atoms with E-state index in [1.807, 2.05) is 60.7 Å². The second-order valence-corrected chi connectivity index (χ2v) is 9.22. The average molecular weight is 515 g/mol. The second-order valence-electron chi connectivity index (χ2n) is 8.86. The van der Waals surface area contributed by atoms with Gasteiger partial charge in [0, 0.05) is 12.2 Å². The van der Waals surface area contributed by atoms with Crippen LogP contribution in [0.1, 0.15) is 25.0 Å². The molecule has 0 aromatic heterocycles. The Kier molecular flexibility index (Phi) is 11.4. The molecule has 0 aliphatic rings. The summed E-state index contributed by atoms with van der Waals surface area (Å²) in [5.74, 6) is -3.40. The fraction of sp³-hybridized carbons (Fsp3) is 0.385. The number of amides is 3. The van der Waals surface area contributed by atoms with E-state index in [9.17, 15) is 24.3 Å². The van der Waals surface area contributed by atoms with Crippen LogP contribution in [-0.2, 0) is 32.0 Å². The number of carbonyl (C=O) groups is 4. The van der Waals surface area contributed by atoms with E-state index >= 15 is 0 Å². The summed E-state index contributed by atoms with van der Waals surface area (Å²) in [5.41, 5.74) is 7.78. The number of carboxylic acids is 1. The largest absolute Gasteiger partial charge is 0.480 e. The summed E-state index contributed by atoms with van der Waals surface area (Å²) in [7, 11) is 0. The summed E-state index contributed by atoms with van der Waals surface area (Å²) in [4.78, 5) is 50.2. The van der Waals surface area contributed by atoms with Crippen molar-refractivity contribution in [2.45, 2.75) is 50.9 Å². The molecule has 0 spiro atoms. The molecule has 4 unspecified atom stereocenters. The topological polar surface area (TPSA) is 151 Å². The smallest absolute Gasteiger partial charge is 0.326 e. The molecule has 0 saturated carbocycles. The van der Waals surface area contributed by atoms with E-state index in [4.69, 9.17) is 5.73 Å². The van der Waals surface area contributed by atoms with Gasteiger partial charge in [-0.05, 0) is 23.5 Å². The lowest BCUT2D eigenvalue weighted by molar-refractivity contribution is -0.143. The van der Waals surface area contributed by atoms with Crippen molar-refractivity contribution in [2.75, 3.05) is 5.75 Å². The van der Waals surface area contributed by atoms with Gasteiger partial charge < -0.3 is 26.8 Å². The normalized spacial score (nSPS) is 14.2. The van der Waals surface area contributed by atoms with Crippen molar-refractivity contribution in [3.05, 3.63) is 71.8 Å². The molecular weight excluding hydrogens is 480 g/mol. The molecule has 4 atom stereocenters. The SMILES string of the molecule is CC(C)C(NC(=O)C(CS)NC(=O)C(Cc1ccccc1)NC(=O)C(N)Cc1ccccc1)C(=O)O. The van der Waals surface area contributed by atoms with Crippen molar-refractivity contribution in [1.82, 2.24) is 16.0 Å². The van der Waals surface area contributed by atoms with Gasteiger partial charge in [0.25, 0.3) is 0 Å². The Morgan fingerprint density at radius 2 is 1.25 bits per heavy atom. The van der Waals surface area contributed by atoms with Crippen molar-refractivity contribution in [3.8, 4) is 0 Å². The molecule has 10 heteroatoms. The Morgan fingerprint density at radius 1 is 0.778 bits per heavy atom. The molecule has 36 heavy (non-hydrogen) atoms. The fourth-order valence-corrected chi connectivity index (χ4v) is 3.79. The predicted octanol–water partition coefficient (Wildman–Crippen LogP) is 0.924. The third-order valence-corrected chi connectivity index (χ3v) is 5.96. The number of benzene rings is 2. The van der Waals surface area contributed by atoms with E-state index in [0.29, 0.717) is 6.42 Å². The first-order valence-electron chi connectivity index (χ1n) is 11.7. The van der Waals surface area contributed by atoms with Crippen molar-refractivity contribution in [1.29, 1.82) is 0 Å². The highest BCUT2D eigenvalue weighted by Crippen LogP contribution is 2.07. The van der Waals surface area contributed by atoms with E-state index in [2.05, 4.69) is 28.6 Å². The molecule has 2 rings (SSSR count). The van der Waals surface area contributed by atoms with Crippen molar-refractivity contribution < 1.29 is 24.3 Å². The van der Waals surface area contributed by atoms with Crippen molar-refractivity contribution >= 4 is 36.3 Å². The van der Waals surface area contributed by atoms with Crippen LogP contribution < -0.4 is 21.7 Å². The molecule has 0 aliphatic carbocycles. The number of carboxylic acid groups (broad SMARTS) is 1. The van der Waals surface area contributed by atoms with Crippen LogP contribution in [-0.4, -0.2) is 58.7 Å². The van der Waals surface area contributed by atoms with Crippen LogP contribution >= 0.6 is 12.6 Å². The number of rotatable bonds is 13. The molecule has 0 aliphatic heterocycles. The number of hydrogen-bond donors (Lipinski definition) is 6. The molecule has 0 radical (unpaired) electrons. The van der Waals surface area contributed by atoms with E-state index in [-0.39, 0.29) is 18.1 Å². The molecule has 0 heterocycles. The first kappa shape index (κ1) is 28.9. The van der Waals surface area contributed by atoms with Gasteiger partial charge in [-0.15, -0.1) is 0 Å². The number of carbonyl (C=O) groups excluding carboxylic acids is 3. The minimum Gasteiger partial charge on any atom is -0.480 e. The Morgan fingerprint density at radius 3 is 1.72 bits per heavy atom. The fourth-order valence-electron chi connectivity index (χ4n) is 3.53. The minimum absolute atomic E-state index is 0.0679. The van der Waals surface area contributed by atoms with Gasteiger partial charge in [-0.1, -0.05) is 74.5 Å². The van der Waals surface area contributed by atoms with Crippen LogP contribution in [0.25, 0.3) is 0 Å². The molecule has 3 amide bonds. The van der Waals surface area contributed by atoms with E-state index in [0.717, 1.165) is 11.1 Å². The van der Waals surface area contributed by atoms with E-state index in [1.165, 1.54) is 0 Å². The molecule has 0 saturated heterocycles. The molecule has 6 N–H and O–H groups in total. The number of aliphatic carboxylic acids is 1. The maximum Gasteiger partial charge on any atom is 0.326 e. The van der Waals surface area contributed by atoms with Gasteiger partial charge in [0.1, 0.15) is 18.1 Å². The number of hydrogen-bond acceptors (Lipinski definition) is 6. The zero-order valence-electron chi connectivity index (χ0n) is 20.4. The maximum absolute atomic E-state index is 13.2. The van der Waals surface area contributed by atoms with Crippen LogP contribution in [0, 0.1) is 5.92 Å². The van der Waals surface area contributed by atoms with Gasteiger partial charge in [0.05, 0.1) is 6.04 Å². The zero-order valence-corrected chi connectivity index (χ0v) is 21.3. The van der Waals surface area contributed by atoms with E-state index in [1.54, 1.807) is 13.8 Å². The second kappa shape index (κ2) is 14.3. The summed E-state index contributed by atoms with van der Waals surface area (Å²) in [5, 5.41) is 17.1. The van der Waals surface area contributed by atoms with Crippen molar-refractivity contribution in [3.63, 3.8) is 0 Å². The third kappa shape index (κ3) is 9.01. The summed E-state index contributed by atoms with van der Waals surface area (Å²) in [6.45, 7) is 3.33. The molecule has 2 aromatic rings. The minimum atomic E-state index is -1.18. The molecular formula is C26H34N4O5S. The lowest BCUT2D eigenvalue weighted by atomic mass is 10.0. The Balaban J connectivity index is 2.14. The van der Waals surface area contributed by atoms with Gasteiger partial charge in [0.2, 0.25) is 17.7 Å². The average Bonchev–Trinajstić information content (AvgIpc) is 2.85. The van der Waals surface area contributed by atoms with E-state index < -0.39 is 47.9 Å². The highest BCUT2D eigenvalue weighted by molar-refractivity contribution is 7.80. The molecule has 2 aromatic carbocycles. The number of nitrogens with one attached hydrogen (secondary N) is 3. The van der Waals surface area contributed by atoms with Crippen LogP contribution in [0.5, 0.6) is 0 Å². The predicted molar refractivity (Wildman–Crippen MR) is 140 cm³/mol. The first-order valence-corrected chi connectivity index (χ1v) is 12.3. The summed E-state index contributed by atoms with van der Waals surface area (Å²) >= 11 is 4.15. The van der Waals surface area contributed by atoms with Gasteiger partial charge >= 0.3 is 5.97 Å². The lowest BCUT2D eigenvalue weighted by Crippen LogP contribution is -2.58. The maximum atomic E-state index is 13.2. The summed E-state index contributed by atoms with van der Waals surface area (Å²) in [6.07, 6.45) is 0.459. The monoisotopic (exact) mass is 514 g/mol. The molecule has 9 nitrogen and oxygen atoms in total. The van der Waals surface area contributed by atoms with Crippen LogP contribution in [0.2, 0.25) is 0 Å². The third-order valence-electron chi connectivity index (χ3n) is 5.60. The summed E-state index contributed by atoms with van der Waals surface area (Å²) < 4.78 is 0.